The molecule has 0 radical (unpaired) electrons. The number of halogens is 1. The normalized spacial score (nSPS) is 13.1. The first kappa shape index (κ1) is 7.18. The van der Waals surface area contributed by atoms with Crippen molar-refractivity contribution in [1.82, 2.24) is 0 Å². The highest BCUT2D eigenvalue weighted by Crippen LogP contribution is 2.10. The van der Waals surface area contributed by atoms with Gasteiger partial charge in [0.05, 0.1) is 0 Å². The van der Waals surface area contributed by atoms with Crippen LogP contribution in [0, 0.1) is 5.82 Å². The Hall–Kier alpha value is -0.930. The molecule has 0 aliphatic carbocycles. The third kappa shape index (κ3) is 1.32. The summed E-state index contributed by atoms with van der Waals surface area (Å²) in [5, 5.41) is 8.74. The summed E-state index contributed by atoms with van der Waals surface area (Å²) in [5.74, 6) is -0.475. The third-order valence-corrected chi connectivity index (χ3v) is 1.22. The molecule has 0 heterocycles. The van der Waals surface area contributed by atoms with Crippen molar-refractivity contribution in [3.05, 3.63) is 35.6 Å². The van der Waals surface area contributed by atoms with Crippen molar-refractivity contribution in [2.24, 2.45) is 5.73 Å². The highest BCUT2D eigenvalue weighted by Gasteiger charge is 2.04. The molecule has 3 N–H and O–H groups in total. The lowest BCUT2D eigenvalue weighted by molar-refractivity contribution is 0.181. The van der Waals surface area contributed by atoms with E-state index in [1.54, 1.807) is 12.1 Å². The van der Waals surface area contributed by atoms with E-state index in [2.05, 4.69) is 0 Å². The van der Waals surface area contributed by atoms with Crippen molar-refractivity contribution in [2.45, 2.75) is 6.23 Å². The lowest BCUT2D eigenvalue weighted by Gasteiger charge is -2.03. The Morgan fingerprint density at radius 2 is 2.00 bits per heavy atom. The first-order valence-electron chi connectivity index (χ1n) is 2.90. The fraction of sp³-hybridized carbons (Fsp3) is 0.143. The predicted octanol–water partition coefficient (Wildman–Crippen LogP) is 0.775. The number of hydrogen-bond acceptors (Lipinski definition) is 2. The van der Waals surface area contributed by atoms with Gasteiger partial charge in [-0.1, -0.05) is 18.2 Å². The smallest absolute Gasteiger partial charge is 0.131 e. The molecule has 0 saturated carbocycles. The second-order valence-electron chi connectivity index (χ2n) is 1.97. The molecule has 2 nitrogen and oxygen atoms in total. The first-order valence-corrected chi connectivity index (χ1v) is 2.90. The van der Waals surface area contributed by atoms with Gasteiger partial charge in [-0.2, -0.15) is 0 Å². The van der Waals surface area contributed by atoms with Crippen LogP contribution in [-0.2, 0) is 0 Å². The molecule has 3 heteroatoms. The Balaban J connectivity index is 3.03. The van der Waals surface area contributed by atoms with Gasteiger partial charge in [0.15, 0.2) is 0 Å². The molecule has 0 aliphatic rings. The molecular formula is C7H8FNO. The van der Waals surface area contributed by atoms with E-state index in [4.69, 9.17) is 10.8 Å². The first-order chi connectivity index (χ1) is 4.72. The van der Waals surface area contributed by atoms with E-state index in [-0.39, 0.29) is 5.56 Å². The SMILES string of the molecule is NC(O)c1ccccc1F. The Bertz CT molecular complexity index is 225. The summed E-state index contributed by atoms with van der Waals surface area (Å²) in [6.07, 6.45) is -1.22. The Morgan fingerprint density at radius 3 is 2.40 bits per heavy atom. The van der Waals surface area contributed by atoms with E-state index in [1.165, 1.54) is 12.1 Å². The van der Waals surface area contributed by atoms with Gasteiger partial charge in [0.1, 0.15) is 12.0 Å². The highest BCUT2D eigenvalue weighted by atomic mass is 19.1. The van der Waals surface area contributed by atoms with Crippen LogP contribution in [0.1, 0.15) is 11.8 Å². The lowest BCUT2D eigenvalue weighted by Crippen LogP contribution is -2.10. The van der Waals surface area contributed by atoms with Crippen molar-refractivity contribution >= 4 is 0 Å². The second-order valence-corrected chi connectivity index (χ2v) is 1.97. The zero-order chi connectivity index (χ0) is 7.56. The fourth-order valence-corrected chi connectivity index (χ4v) is 0.715. The summed E-state index contributed by atoms with van der Waals surface area (Å²) < 4.78 is 12.6. The molecule has 54 valence electrons. The molecule has 0 aliphatic heterocycles. The van der Waals surface area contributed by atoms with Crippen LogP contribution in [0.3, 0.4) is 0 Å². The van der Waals surface area contributed by atoms with Crippen LogP contribution in [0.4, 0.5) is 4.39 Å². The van der Waals surface area contributed by atoms with Crippen molar-refractivity contribution in [1.29, 1.82) is 0 Å². The van der Waals surface area contributed by atoms with Crippen LogP contribution in [-0.4, -0.2) is 5.11 Å². The molecule has 1 rings (SSSR count). The van der Waals surface area contributed by atoms with Gasteiger partial charge in [-0.25, -0.2) is 4.39 Å². The van der Waals surface area contributed by atoms with Crippen LogP contribution in [0.25, 0.3) is 0 Å². The molecule has 0 aromatic heterocycles. The molecule has 0 saturated heterocycles. The van der Waals surface area contributed by atoms with Gasteiger partial charge in [-0.3, -0.25) is 0 Å². The van der Waals surface area contributed by atoms with Gasteiger partial charge < -0.3 is 10.8 Å². The monoisotopic (exact) mass is 141 g/mol. The number of aliphatic hydroxyl groups is 1. The minimum Gasteiger partial charge on any atom is -0.374 e. The molecule has 10 heavy (non-hydrogen) atoms. The summed E-state index contributed by atoms with van der Waals surface area (Å²) in [7, 11) is 0. The van der Waals surface area contributed by atoms with E-state index in [0.29, 0.717) is 0 Å². The Kier molecular flexibility index (Phi) is 1.99. The lowest BCUT2D eigenvalue weighted by atomic mass is 10.2. The number of hydrogen-bond donors (Lipinski definition) is 2. The van der Waals surface area contributed by atoms with E-state index >= 15 is 0 Å². The maximum atomic E-state index is 12.6. The van der Waals surface area contributed by atoms with Crippen LogP contribution >= 0.6 is 0 Å². The standard InChI is InChI=1S/C7H8FNO/c8-6-4-2-1-3-5(6)7(9)10/h1-4,7,10H,9H2. The quantitative estimate of drug-likeness (QED) is 0.567. The second kappa shape index (κ2) is 2.77. The van der Waals surface area contributed by atoms with Crippen molar-refractivity contribution < 1.29 is 9.50 Å². The Labute approximate surface area is 58.1 Å². The minimum atomic E-state index is -1.22. The van der Waals surface area contributed by atoms with Crippen molar-refractivity contribution in [3.8, 4) is 0 Å². The molecular weight excluding hydrogens is 133 g/mol. The van der Waals surface area contributed by atoms with Crippen LogP contribution in [0.2, 0.25) is 0 Å². The summed E-state index contributed by atoms with van der Waals surface area (Å²) in [4.78, 5) is 0. The van der Waals surface area contributed by atoms with Crippen molar-refractivity contribution in [3.63, 3.8) is 0 Å². The van der Waals surface area contributed by atoms with E-state index in [0.717, 1.165) is 0 Å². The van der Waals surface area contributed by atoms with Crippen LogP contribution in [0.5, 0.6) is 0 Å². The van der Waals surface area contributed by atoms with Crippen LogP contribution < -0.4 is 5.73 Å². The van der Waals surface area contributed by atoms with Gasteiger partial charge in [0.25, 0.3) is 0 Å². The zero-order valence-corrected chi connectivity index (χ0v) is 5.29. The molecule has 0 fully saturated rings. The number of nitrogens with two attached hydrogens (primary N) is 1. The van der Waals surface area contributed by atoms with Crippen LogP contribution in [0.15, 0.2) is 24.3 Å². The number of rotatable bonds is 1. The molecule has 0 spiro atoms. The van der Waals surface area contributed by atoms with E-state index in [1.807, 2.05) is 0 Å². The molecule has 1 aromatic rings. The summed E-state index contributed by atoms with van der Waals surface area (Å²) in [6, 6.07) is 5.86. The summed E-state index contributed by atoms with van der Waals surface area (Å²) in [6.45, 7) is 0. The number of aliphatic hydroxyl groups excluding tert-OH is 1. The number of benzene rings is 1. The van der Waals surface area contributed by atoms with Gasteiger partial charge in [0, 0.05) is 5.56 Å². The minimum absolute atomic E-state index is 0.127. The average Bonchev–Trinajstić information content (AvgIpc) is 1.88. The van der Waals surface area contributed by atoms with Gasteiger partial charge in [-0.15, -0.1) is 0 Å². The van der Waals surface area contributed by atoms with Gasteiger partial charge in [0.2, 0.25) is 0 Å². The molecule has 0 bridgehead atoms. The molecule has 0 amide bonds. The predicted molar refractivity (Wildman–Crippen MR) is 35.5 cm³/mol. The third-order valence-electron chi connectivity index (χ3n) is 1.22. The van der Waals surface area contributed by atoms with E-state index < -0.39 is 12.0 Å². The summed E-state index contributed by atoms with van der Waals surface area (Å²) >= 11 is 0. The average molecular weight is 141 g/mol. The Morgan fingerprint density at radius 1 is 1.40 bits per heavy atom. The molecule has 1 atom stereocenters. The van der Waals surface area contributed by atoms with E-state index in [9.17, 15) is 4.39 Å². The maximum Gasteiger partial charge on any atom is 0.131 e. The van der Waals surface area contributed by atoms with Gasteiger partial charge >= 0.3 is 0 Å². The van der Waals surface area contributed by atoms with Crippen molar-refractivity contribution in [2.75, 3.05) is 0 Å². The fourth-order valence-electron chi connectivity index (χ4n) is 0.715. The maximum absolute atomic E-state index is 12.6. The van der Waals surface area contributed by atoms with Gasteiger partial charge in [-0.05, 0) is 6.07 Å². The zero-order valence-electron chi connectivity index (χ0n) is 5.29. The molecule has 1 aromatic carbocycles. The topological polar surface area (TPSA) is 46.2 Å². The largest absolute Gasteiger partial charge is 0.374 e. The highest BCUT2D eigenvalue weighted by molar-refractivity contribution is 5.18. The molecule has 1 unspecified atom stereocenters. The summed E-state index contributed by atoms with van der Waals surface area (Å²) in [5.41, 5.74) is 5.16.